The fourth-order valence-electron chi connectivity index (χ4n) is 2.31. The van der Waals surface area contributed by atoms with Gasteiger partial charge in [0.1, 0.15) is 0 Å². The Morgan fingerprint density at radius 3 is 2.36 bits per heavy atom. The third-order valence-corrected chi connectivity index (χ3v) is 3.30. The summed E-state index contributed by atoms with van der Waals surface area (Å²) in [5.74, 6) is 0.0946. The second-order valence-corrected chi connectivity index (χ2v) is 4.79. The van der Waals surface area contributed by atoms with Crippen LogP contribution >= 0.6 is 12.4 Å². The highest BCUT2D eigenvalue weighted by Gasteiger charge is 2.06. The topological polar surface area (TPSA) is 77.3 Å². The van der Waals surface area contributed by atoms with Gasteiger partial charge in [0, 0.05) is 10.9 Å². The average molecular weight is 313 g/mol. The molecule has 0 atom stereocenters. The van der Waals surface area contributed by atoms with Crippen molar-refractivity contribution in [3.05, 3.63) is 66.2 Å². The van der Waals surface area contributed by atoms with Crippen LogP contribution in [0.5, 0.6) is 0 Å². The number of rotatable bonds is 3. The van der Waals surface area contributed by atoms with Crippen LogP contribution in [-0.2, 0) is 6.54 Å². The Balaban J connectivity index is 0.00000176. The molecular formula is C17H17ClN4. The quantitative estimate of drug-likeness (QED) is 0.576. The van der Waals surface area contributed by atoms with Gasteiger partial charge in [-0.2, -0.15) is 0 Å². The second kappa shape index (κ2) is 6.91. The number of nitrogens with two attached hydrogens (primary N) is 2. The van der Waals surface area contributed by atoms with E-state index >= 15 is 0 Å². The number of hydrogen-bond acceptors (Lipinski definition) is 2. The van der Waals surface area contributed by atoms with Crippen LogP contribution in [0.1, 0.15) is 5.56 Å². The van der Waals surface area contributed by atoms with E-state index in [2.05, 4.69) is 4.99 Å². The number of hydrogen-bond donors (Lipinski definition) is 2. The molecule has 0 amide bonds. The third-order valence-electron chi connectivity index (χ3n) is 3.30. The highest BCUT2D eigenvalue weighted by Crippen LogP contribution is 2.25. The van der Waals surface area contributed by atoms with Crippen LogP contribution in [-0.4, -0.2) is 10.9 Å². The summed E-state index contributed by atoms with van der Waals surface area (Å²) in [7, 11) is 0. The lowest BCUT2D eigenvalue weighted by atomic mass is 10.0. The zero-order valence-corrected chi connectivity index (χ0v) is 12.8. The Hall–Kier alpha value is -2.59. The number of nitrogens with zero attached hydrogens (tertiary/aromatic N) is 2. The van der Waals surface area contributed by atoms with Crippen molar-refractivity contribution in [2.75, 3.05) is 0 Å². The van der Waals surface area contributed by atoms with Crippen LogP contribution in [0.3, 0.4) is 0 Å². The molecule has 0 radical (unpaired) electrons. The van der Waals surface area contributed by atoms with Gasteiger partial charge >= 0.3 is 0 Å². The Morgan fingerprint density at radius 2 is 1.64 bits per heavy atom. The van der Waals surface area contributed by atoms with Crippen LogP contribution in [0.4, 0.5) is 0 Å². The SMILES string of the molecule is Cl.NC(N)=NCc1cc(-c2ccccc2)nc2ccccc12. The normalized spacial score (nSPS) is 10.0. The highest BCUT2D eigenvalue weighted by atomic mass is 35.5. The Labute approximate surface area is 135 Å². The number of fused-ring (bicyclic) bond motifs is 1. The van der Waals surface area contributed by atoms with Crippen LogP contribution in [0.2, 0.25) is 0 Å². The van der Waals surface area contributed by atoms with Gasteiger partial charge in [-0.1, -0.05) is 48.5 Å². The monoisotopic (exact) mass is 312 g/mol. The summed E-state index contributed by atoms with van der Waals surface area (Å²) < 4.78 is 0. The molecule has 0 unspecified atom stereocenters. The van der Waals surface area contributed by atoms with Crippen molar-refractivity contribution in [1.82, 2.24) is 4.98 Å². The molecule has 0 spiro atoms. The Bertz CT molecular complexity index is 796. The molecule has 22 heavy (non-hydrogen) atoms. The van der Waals surface area contributed by atoms with Gasteiger partial charge in [-0.3, -0.25) is 0 Å². The van der Waals surface area contributed by atoms with E-state index in [-0.39, 0.29) is 18.4 Å². The molecule has 0 fully saturated rings. The molecule has 4 N–H and O–H groups in total. The average Bonchev–Trinajstić information content (AvgIpc) is 2.53. The molecule has 3 aromatic rings. The van der Waals surface area contributed by atoms with Gasteiger partial charge in [0.15, 0.2) is 5.96 Å². The van der Waals surface area contributed by atoms with Gasteiger partial charge in [-0.15, -0.1) is 12.4 Å². The van der Waals surface area contributed by atoms with Crippen LogP contribution in [0, 0.1) is 0 Å². The van der Waals surface area contributed by atoms with E-state index < -0.39 is 0 Å². The number of para-hydroxylation sites is 1. The van der Waals surface area contributed by atoms with Crippen molar-refractivity contribution in [3.8, 4) is 11.3 Å². The first kappa shape index (κ1) is 15.8. The van der Waals surface area contributed by atoms with Crippen molar-refractivity contribution in [1.29, 1.82) is 0 Å². The minimum atomic E-state index is 0. The number of pyridine rings is 1. The molecule has 1 heterocycles. The van der Waals surface area contributed by atoms with Crippen molar-refractivity contribution < 1.29 is 0 Å². The minimum Gasteiger partial charge on any atom is -0.370 e. The molecule has 0 aliphatic heterocycles. The van der Waals surface area contributed by atoms with E-state index in [0.717, 1.165) is 27.7 Å². The molecular weight excluding hydrogens is 296 g/mol. The molecule has 2 aromatic carbocycles. The lowest BCUT2D eigenvalue weighted by Gasteiger charge is -2.08. The fraction of sp³-hybridized carbons (Fsp3) is 0.0588. The number of aliphatic imine (C=N–C) groups is 1. The summed E-state index contributed by atoms with van der Waals surface area (Å²) >= 11 is 0. The Kier molecular flexibility index (Phi) is 4.96. The predicted molar refractivity (Wildman–Crippen MR) is 93.9 cm³/mol. The van der Waals surface area contributed by atoms with Crippen molar-refractivity contribution in [2.45, 2.75) is 6.54 Å². The van der Waals surface area contributed by atoms with E-state index in [1.54, 1.807) is 0 Å². The van der Waals surface area contributed by atoms with E-state index in [4.69, 9.17) is 16.5 Å². The molecule has 0 bridgehead atoms. The maximum absolute atomic E-state index is 5.45. The smallest absolute Gasteiger partial charge is 0.186 e. The zero-order chi connectivity index (χ0) is 14.7. The predicted octanol–water partition coefficient (Wildman–Crippen LogP) is 3.10. The summed E-state index contributed by atoms with van der Waals surface area (Å²) in [5, 5.41) is 1.07. The molecule has 0 saturated carbocycles. The van der Waals surface area contributed by atoms with E-state index in [9.17, 15) is 0 Å². The summed E-state index contributed by atoms with van der Waals surface area (Å²) in [5.41, 5.74) is 14.9. The van der Waals surface area contributed by atoms with Gasteiger partial charge < -0.3 is 11.5 Å². The maximum atomic E-state index is 5.45. The first-order chi connectivity index (χ1) is 10.2. The molecule has 5 heteroatoms. The van der Waals surface area contributed by atoms with Crippen LogP contribution < -0.4 is 11.5 Å². The summed E-state index contributed by atoms with van der Waals surface area (Å²) in [4.78, 5) is 8.85. The number of guanidine groups is 1. The largest absolute Gasteiger partial charge is 0.370 e. The van der Waals surface area contributed by atoms with Crippen molar-refractivity contribution in [3.63, 3.8) is 0 Å². The lowest BCUT2D eigenvalue weighted by Crippen LogP contribution is -2.22. The molecule has 0 saturated heterocycles. The Morgan fingerprint density at radius 1 is 0.955 bits per heavy atom. The zero-order valence-electron chi connectivity index (χ0n) is 11.9. The van der Waals surface area contributed by atoms with Crippen LogP contribution in [0.15, 0.2) is 65.7 Å². The van der Waals surface area contributed by atoms with Gasteiger partial charge in [0.05, 0.1) is 17.8 Å². The van der Waals surface area contributed by atoms with Gasteiger partial charge in [-0.25, -0.2) is 9.98 Å². The summed E-state index contributed by atoms with van der Waals surface area (Å²) in [6.45, 7) is 0.450. The van der Waals surface area contributed by atoms with Gasteiger partial charge in [0.25, 0.3) is 0 Å². The van der Waals surface area contributed by atoms with E-state index in [0.29, 0.717) is 6.54 Å². The number of aromatic nitrogens is 1. The van der Waals surface area contributed by atoms with Crippen molar-refractivity contribution in [2.24, 2.45) is 16.5 Å². The van der Waals surface area contributed by atoms with Crippen molar-refractivity contribution >= 4 is 29.3 Å². The molecule has 0 aliphatic rings. The molecule has 0 aliphatic carbocycles. The van der Waals surface area contributed by atoms with Crippen LogP contribution in [0.25, 0.3) is 22.2 Å². The lowest BCUT2D eigenvalue weighted by molar-refractivity contribution is 1.06. The highest BCUT2D eigenvalue weighted by molar-refractivity contribution is 5.86. The standard InChI is InChI=1S/C17H16N4.ClH/c18-17(19)20-11-13-10-16(12-6-2-1-3-7-12)21-15-9-5-4-8-14(13)15;/h1-10H,11H2,(H4,18,19,20);1H. The number of benzene rings is 2. The first-order valence-corrected chi connectivity index (χ1v) is 6.73. The summed E-state index contributed by atoms with van der Waals surface area (Å²) in [6, 6.07) is 20.1. The molecule has 3 rings (SSSR count). The molecule has 4 nitrogen and oxygen atoms in total. The van der Waals surface area contributed by atoms with Gasteiger partial charge in [0.2, 0.25) is 0 Å². The first-order valence-electron chi connectivity index (χ1n) is 6.73. The van der Waals surface area contributed by atoms with E-state index in [1.165, 1.54) is 0 Å². The minimum absolute atomic E-state index is 0. The van der Waals surface area contributed by atoms with E-state index in [1.807, 2.05) is 60.7 Å². The van der Waals surface area contributed by atoms with Gasteiger partial charge in [-0.05, 0) is 17.7 Å². The molecule has 1 aromatic heterocycles. The maximum Gasteiger partial charge on any atom is 0.186 e. The number of halogens is 1. The second-order valence-electron chi connectivity index (χ2n) is 4.79. The third kappa shape index (κ3) is 3.35. The molecule has 112 valence electrons. The summed E-state index contributed by atoms with van der Waals surface area (Å²) in [6.07, 6.45) is 0. The fourth-order valence-corrected chi connectivity index (χ4v) is 2.31.